The molecular formula is C29H44N6O16S2. The minimum atomic E-state index is -1.72. The SMILES string of the molecule is CSCC[C@H](NC(=O)[C@H](CCC(=O)O)NC(=O)[C@@H](CC(=O)O)NC(C)=O)C(=O)N[C@@H](CCC(=O)O)C(=O)N[C@@H](CCC(=O)O)C(=O)N[C@@H](CS)C(=O)O. The number of carbonyl (C=O) groups excluding carboxylic acids is 6. The van der Waals surface area contributed by atoms with E-state index < -0.39 is 146 Å². The molecule has 24 heteroatoms. The lowest BCUT2D eigenvalue weighted by Gasteiger charge is -2.27. The van der Waals surface area contributed by atoms with Crippen LogP contribution in [0.25, 0.3) is 0 Å². The van der Waals surface area contributed by atoms with Crippen LogP contribution in [0.2, 0.25) is 0 Å². The Morgan fingerprint density at radius 1 is 0.491 bits per heavy atom. The Morgan fingerprint density at radius 3 is 1.08 bits per heavy atom. The molecular weight excluding hydrogens is 752 g/mol. The largest absolute Gasteiger partial charge is 0.481 e. The second kappa shape index (κ2) is 24.9. The zero-order valence-electron chi connectivity index (χ0n) is 28.6. The Morgan fingerprint density at radius 2 is 0.811 bits per heavy atom. The van der Waals surface area contributed by atoms with Crippen LogP contribution >= 0.6 is 24.4 Å². The summed E-state index contributed by atoms with van der Waals surface area (Å²) >= 11 is 5.04. The molecule has 298 valence electrons. The zero-order chi connectivity index (χ0) is 40.8. The van der Waals surface area contributed by atoms with E-state index in [0.717, 1.165) is 6.92 Å². The molecule has 53 heavy (non-hydrogen) atoms. The molecule has 0 rings (SSSR count). The number of amides is 6. The molecule has 0 saturated heterocycles. The Bertz CT molecular complexity index is 1370. The van der Waals surface area contributed by atoms with Gasteiger partial charge in [-0.25, -0.2) is 4.79 Å². The van der Waals surface area contributed by atoms with Crippen molar-refractivity contribution in [1.82, 2.24) is 31.9 Å². The summed E-state index contributed by atoms with van der Waals surface area (Å²) in [6.45, 7) is 0.999. The van der Waals surface area contributed by atoms with Gasteiger partial charge in [0.25, 0.3) is 0 Å². The van der Waals surface area contributed by atoms with Crippen LogP contribution in [0, 0.1) is 0 Å². The van der Waals surface area contributed by atoms with Crippen LogP contribution in [0.3, 0.4) is 0 Å². The number of hydrogen-bond donors (Lipinski definition) is 12. The number of aliphatic carboxylic acids is 5. The number of carboxylic acids is 5. The van der Waals surface area contributed by atoms with Gasteiger partial charge in [0, 0.05) is 31.9 Å². The molecule has 0 spiro atoms. The van der Waals surface area contributed by atoms with Gasteiger partial charge in [0.05, 0.1) is 6.42 Å². The molecule has 6 amide bonds. The molecule has 0 bridgehead atoms. The van der Waals surface area contributed by atoms with E-state index in [1.165, 1.54) is 11.8 Å². The molecule has 0 aromatic heterocycles. The molecule has 0 saturated carbocycles. The molecule has 0 aromatic carbocycles. The predicted octanol–water partition coefficient (Wildman–Crippen LogP) is -3.25. The van der Waals surface area contributed by atoms with Gasteiger partial charge >= 0.3 is 29.8 Å². The van der Waals surface area contributed by atoms with Crippen molar-refractivity contribution in [3.05, 3.63) is 0 Å². The van der Waals surface area contributed by atoms with Gasteiger partial charge in [0.15, 0.2) is 0 Å². The number of thioether (sulfide) groups is 1. The van der Waals surface area contributed by atoms with E-state index in [0.29, 0.717) is 0 Å². The fourth-order valence-corrected chi connectivity index (χ4v) is 5.01. The van der Waals surface area contributed by atoms with Crippen molar-refractivity contribution in [3.63, 3.8) is 0 Å². The van der Waals surface area contributed by atoms with E-state index in [9.17, 15) is 68.1 Å². The van der Waals surface area contributed by atoms with Gasteiger partial charge in [0.2, 0.25) is 35.4 Å². The summed E-state index contributed by atoms with van der Waals surface area (Å²) in [5.41, 5.74) is 0. The van der Waals surface area contributed by atoms with Gasteiger partial charge < -0.3 is 57.4 Å². The summed E-state index contributed by atoms with van der Waals surface area (Å²) in [4.78, 5) is 134. The molecule has 11 N–H and O–H groups in total. The predicted molar refractivity (Wildman–Crippen MR) is 185 cm³/mol. The van der Waals surface area contributed by atoms with Crippen molar-refractivity contribution in [2.75, 3.05) is 17.8 Å². The maximum absolute atomic E-state index is 13.5. The van der Waals surface area contributed by atoms with Crippen molar-refractivity contribution in [1.29, 1.82) is 0 Å². The summed E-state index contributed by atoms with van der Waals surface area (Å²) in [6, 6.07) is -9.77. The highest BCUT2D eigenvalue weighted by molar-refractivity contribution is 7.98. The lowest BCUT2D eigenvalue weighted by atomic mass is 10.1. The molecule has 0 radical (unpaired) electrons. The molecule has 0 unspecified atom stereocenters. The third kappa shape index (κ3) is 20.5. The molecule has 0 aliphatic rings. The Kier molecular flexibility index (Phi) is 22.5. The summed E-state index contributed by atoms with van der Waals surface area (Å²) in [5, 5.41) is 59.1. The van der Waals surface area contributed by atoms with Gasteiger partial charge in [-0.1, -0.05) is 0 Å². The van der Waals surface area contributed by atoms with Gasteiger partial charge in [0.1, 0.15) is 36.3 Å². The van der Waals surface area contributed by atoms with Crippen molar-refractivity contribution >= 4 is 89.7 Å². The third-order valence-electron chi connectivity index (χ3n) is 6.95. The van der Waals surface area contributed by atoms with Crippen LogP contribution in [0.4, 0.5) is 0 Å². The highest BCUT2D eigenvalue weighted by Crippen LogP contribution is 2.09. The minimum Gasteiger partial charge on any atom is -0.481 e. The first kappa shape index (κ1) is 47.9. The Hall–Kier alpha value is -5.13. The quantitative estimate of drug-likeness (QED) is 0.0363. The van der Waals surface area contributed by atoms with E-state index in [1.54, 1.807) is 6.26 Å². The van der Waals surface area contributed by atoms with Crippen LogP contribution < -0.4 is 31.9 Å². The van der Waals surface area contributed by atoms with E-state index in [2.05, 4.69) is 44.5 Å². The normalized spacial score (nSPS) is 14.0. The second-order valence-electron chi connectivity index (χ2n) is 11.3. The topological polar surface area (TPSA) is 361 Å². The van der Waals surface area contributed by atoms with Crippen molar-refractivity contribution < 1.29 is 78.3 Å². The maximum Gasteiger partial charge on any atom is 0.327 e. The van der Waals surface area contributed by atoms with Crippen molar-refractivity contribution in [2.45, 2.75) is 94.5 Å². The fourth-order valence-electron chi connectivity index (χ4n) is 4.29. The van der Waals surface area contributed by atoms with Crippen molar-refractivity contribution in [2.24, 2.45) is 0 Å². The molecule has 0 aliphatic carbocycles. The second-order valence-corrected chi connectivity index (χ2v) is 12.6. The number of rotatable bonds is 27. The third-order valence-corrected chi connectivity index (χ3v) is 7.96. The van der Waals surface area contributed by atoms with E-state index >= 15 is 0 Å². The lowest BCUT2D eigenvalue weighted by molar-refractivity contribution is -0.142. The van der Waals surface area contributed by atoms with Crippen LogP contribution in [-0.2, 0) is 52.7 Å². The number of thiol groups is 1. The average molecular weight is 797 g/mol. The van der Waals surface area contributed by atoms with Crippen LogP contribution in [0.5, 0.6) is 0 Å². The number of hydrogen-bond acceptors (Lipinski definition) is 13. The van der Waals surface area contributed by atoms with E-state index in [1.807, 2.05) is 0 Å². The lowest BCUT2D eigenvalue weighted by Crippen LogP contribution is -2.59. The van der Waals surface area contributed by atoms with Crippen LogP contribution in [0.1, 0.15) is 58.3 Å². The number of carboxylic acid groups (broad SMARTS) is 5. The standard InChI is InChI=1S/C29H44N6O16S2/c1-13(36)30-18(11-23(43)44)28(49)33-15(4-7-21(39)40)25(46)34-17(9-10-53-2)27(48)32-14(3-6-20(37)38)24(45)31-16(5-8-22(41)42)26(47)35-19(12-52)29(50)51/h14-19,52H,3-12H2,1-2H3,(H,30,36)(H,31,45)(H,32,48)(H,33,49)(H,34,46)(H,35,47)(H,37,38)(H,39,40)(H,41,42)(H,43,44)(H,50,51)/t14-,15-,16-,17-,18+,19-/m0/s1. The molecule has 0 aliphatic heterocycles. The first-order chi connectivity index (χ1) is 24.7. The molecule has 22 nitrogen and oxygen atoms in total. The van der Waals surface area contributed by atoms with Gasteiger partial charge in [-0.15, -0.1) is 0 Å². The molecule has 0 heterocycles. The maximum atomic E-state index is 13.5. The number of nitrogens with one attached hydrogen (secondary N) is 6. The summed E-state index contributed by atoms with van der Waals surface area (Å²) in [7, 11) is 0. The smallest absolute Gasteiger partial charge is 0.327 e. The first-order valence-electron chi connectivity index (χ1n) is 15.7. The number of carbonyl (C=O) groups is 11. The highest BCUT2D eigenvalue weighted by Gasteiger charge is 2.34. The first-order valence-corrected chi connectivity index (χ1v) is 17.7. The average Bonchev–Trinajstić information content (AvgIpc) is 3.05. The zero-order valence-corrected chi connectivity index (χ0v) is 30.3. The molecule has 0 aromatic rings. The van der Waals surface area contributed by atoms with E-state index in [-0.39, 0.29) is 17.9 Å². The van der Waals surface area contributed by atoms with Gasteiger partial charge in [-0.2, -0.15) is 24.4 Å². The van der Waals surface area contributed by atoms with Crippen LogP contribution in [-0.4, -0.2) is 145 Å². The Balaban J connectivity index is 6.38. The molecule has 6 atom stereocenters. The minimum absolute atomic E-state index is 0.136. The fraction of sp³-hybridized carbons (Fsp3) is 0.621. The van der Waals surface area contributed by atoms with E-state index in [4.69, 9.17) is 10.2 Å². The summed E-state index contributed by atoms with van der Waals surface area (Å²) < 4.78 is 0. The van der Waals surface area contributed by atoms with Gasteiger partial charge in [-0.05, 0) is 37.7 Å². The van der Waals surface area contributed by atoms with Gasteiger partial charge in [-0.3, -0.25) is 47.9 Å². The monoisotopic (exact) mass is 796 g/mol. The van der Waals surface area contributed by atoms with Crippen LogP contribution in [0.15, 0.2) is 0 Å². The molecule has 0 fully saturated rings. The summed E-state index contributed by atoms with van der Waals surface area (Å²) in [6.07, 6.45) is -3.13. The Labute approximate surface area is 311 Å². The summed E-state index contributed by atoms with van der Waals surface area (Å²) in [5.74, 6) is -13.7. The van der Waals surface area contributed by atoms with Crippen molar-refractivity contribution in [3.8, 4) is 0 Å². The highest BCUT2D eigenvalue weighted by atomic mass is 32.2.